The summed E-state index contributed by atoms with van der Waals surface area (Å²) in [5.41, 5.74) is 1.78. The molecule has 0 aliphatic rings. The minimum atomic E-state index is -1.09. The van der Waals surface area contributed by atoms with E-state index in [-0.39, 0.29) is 17.7 Å². The number of hydrogen-bond donors (Lipinski definition) is 1. The summed E-state index contributed by atoms with van der Waals surface area (Å²) < 4.78 is 4.89. The van der Waals surface area contributed by atoms with E-state index in [4.69, 9.17) is 4.74 Å². The van der Waals surface area contributed by atoms with Gasteiger partial charge < -0.3 is 9.84 Å². The lowest BCUT2D eigenvalue weighted by atomic mass is 9.92. The monoisotopic (exact) mass is 264 g/mol. The van der Waals surface area contributed by atoms with Gasteiger partial charge in [-0.1, -0.05) is 19.9 Å². The van der Waals surface area contributed by atoms with E-state index >= 15 is 0 Å². The van der Waals surface area contributed by atoms with Crippen molar-refractivity contribution >= 4 is 11.9 Å². The van der Waals surface area contributed by atoms with Gasteiger partial charge in [0.1, 0.15) is 0 Å². The average Bonchev–Trinajstić information content (AvgIpc) is 2.30. The maximum atomic E-state index is 11.8. The van der Waals surface area contributed by atoms with E-state index in [0.29, 0.717) is 11.5 Å². The fraction of sp³-hybridized carbons (Fsp3) is 0.467. The van der Waals surface area contributed by atoms with Crippen molar-refractivity contribution in [1.82, 2.24) is 0 Å². The summed E-state index contributed by atoms with van der Waals surface area (Å²) in [6, 6.07) is 3.36. The normalized spacial score (nSPS) is 10.6. The van der Waals surface area contributed by atoms with Crippen LogP contribution in [0.4, 0.5) is 0 Å². The smallest absolute Gasteiger partial charge is 0.339 e. The number of carbonyl (C=O) groups excluding carboxylic acids is 1. The first-order chi connectivity index (χ1) is 8.88. The maximum Gasteiger partial charge on any atom is 0.339 e. The van der Waals surface area contributed by atoms with E-state index in [1.165, 1.54) is 0 Å². The summed E-state index contributed by atoms with van der Waals surface area (Å²) in [7, 11) is 0. The molecule has 0 saturated carbocycles. The molecule has 0 atom stereocenters. The average molecular weight is 264 g/mol. The molecule has 0 radical (unpaired) electrons. The maximum absolute atomic E-state index is 11.8. The second kappa shape index (κ2) is 6.36. The van der Waals surface area contributed by atoms with E-state index in [9.17, 15) is 14.7 Å². The van der Waals surface area contributed by atoms with Crippen molar-refractivity contribution in [3.8, 4) is 0 Å². The molecule has 0 aromatic heterocycles. The molecular formula is C15H20O4. The number of carbonyl (C=O) groups is 2. The summed E-state index contributed by atoms with van der Waals surface area (Å²) in [5, 5.41) is 9.31. The first-order valence-electron chi connectivity index (χ1n) is 6.41. The van der Waals surface area contributed by atoms with Crippen molar-refractivity contribution in [1.29, 1.82) is 0 Å². The Balaban J connectivity index is 3.31. The molecule has 0 aliphatic heterocycles. The quantitative estimate of drug-likeness (QED) is 0.830. The molecule has 1 aromatic rings. The topological polar surface area (TPSA) is 63.6 Å². The van der Waals surface area contributed by atoms with E-state index in [2.05, 4.69) is 13.8 Å². The highest BCUT2D eigenvalue weighted by Crippen LogP contribution is 2.22. The van der Waals surface area contributed by atoms with Crippen LogP contribution in [0.2, 0.25) is 0 Å². The zero-order valence-electron chi connectivity index (χ0n) is 11.8. The van der Waals surface area contributed by atoms with Gasteiger partial charge >= 0.3 is 11.9 Å². The van der Waals surface area contributed by atoms with Crippen molar-refractivity contribution in [2.75, 3.05) is 6.61 Å². The second-order valence-corrected chi connectivity index (χ2v) is 4.90. The first-order valence-corrected chi connectivity index (χ1v) is 6.41. The van der Waals surface area contributed by atoms with Crippen LogP contribution in [0.3, 0.4) is 0 Å². The number of rotatable bonds is 5. The van der Waals surface area contributed by atoms with E-state index in [1.54, 1.807) is 19.9 Å². The number of aromatic carboxylic acids is 1. The molecule has 0 unspecified atom stereocenters. The fourth-order valence-corrected chi connectivity index (χ4v) is 2.07. The lowest BCUT2D eigenvalue weighted by Crippen LogP contribution is -2.15. The SMILES string of the molecule is CCOC(=O)c1ccc(CC(C)C)c(C)c1C(=O)O. The highest BCUT2D eigenvalue weighted by atomic mass is 16.5. The van der Waals surface area contributed by atoms with Crippen molar-refractivity contribution in [3.05, 3.63) is 34.4 Å². The van der Waals surface area contributed by atoms with Crippen molar-refractivity contribution in [3.63, 3.8) is 0 Å². The van der Waals surface area contributed by atoms with Gasteiger partial charge in [0.25, 0.3) is 0 Å². The Labute approximate surface area is 113 Å². The third kappa shape index (κ3) is 3.56. The Hall–Kier alpha value is -1.84. The molecule has 0 amide bonds. The molecular weight excluding hydrogens is 244 g/mol. The lowest BCUT2D eigenvalue weighted by Gasteiger charge is -2.14. The van der Waals surface area contributed by atoms with Gasteiger partial charge in [-0.3, -0.25) is 0 Å². The molecule has 0 heterocycles. The number of carboxylic acids is 1. The molecule has 0 bridgehead atoms. The standard InChI is InChI=1S/C15H20O4/c1-5-19-15(18)12-7-6-11(8-9(2)3)10(4)13(12)14(16)17/h6-7,9H,5,8H2,1-4H3,(H,16,17). The summed E-state index contributed by atoms with van der Waals surface area (Å²) in [4.78, 5) is 23.2. The van der Waals surface area contributed by atoms with E-state index in [0.717, 1.165) is 12.0 Å². The predicted octanol–water partition coefficient (Wildman–Crippen LogP) is 3.07. The number of carboxylic acid groups (broad SMARTS) is 1. The third-order valence-corrected chi connectivity index (χ3v) is 2.91. The minimum Gasteiger partial charge on any atom is -0.478 e. The molecule has 0 fully saturated rings. The van der Waals surface area contributed by atoms with Crippen LogP contribution in [0.5, 0.6) is 0 Å². The van der Waals surface area contributed by atoms with E-state index < -0.39 is 11.9 Å². The molecule has 1 rings (SSSR count). The lowest BCUT2D eigenvalue weighted by molar-refractivity contribution is 0.0514. The number of esters is 1. The van der Waals surface area contributed by atoms with Crippen LogP contribution < -0.4 is 0 Å². The van der Waals surface area contributed by atoms with Gasteiger partial charge in [0.05, 0.1) is 17.7 Å². The van der Waals surface area contributed by atoms with Gasteiger partial charge in [0.2, 0.25) is 0 Å². The zero-order valence-corrected chi connectivity index (χ0v) is 11.8. The fourth-order valence-electron chi connectivity index (χ4n) is 2.07. The largest absolute Gasteiger partial charge is 0.478 e. The van der Waals surface area contributed by atoms with Gasteiger partial charge in [-0.2, -0.15) is 0 Å². The Morgan fingerprint density at radius 3 is 2.42 bits per heavy atom. The summed E-state index contributed by atoms with van der Waals surface area (Å²) in [5.74, 6) is -1.25. The molecule has 4 nitrogen and oxygen atoms in total. The first kappa shape index (κ1) is 15.2. The molecule has 4 heteroatoms. The van der Waals surface area contributed by atoms with Crippen LogP contribution in [0.1, 0.15) is 52.6 Å². The zero-order chi connectivity index (χ0) is 14.6. The van der Waals surface area contributed by atoms with Crippen LogP contribution in [-0.2, 0) is 11.2 Å². The molecule has 104 valence electrons. The van der Waals surface area contributed by atoms with Gasteiger partial charge in [-0.05, 0) is 43.4 Å². The van der Waals surface area contributed by atoms with Crippen LogP contribution in [0.15, 0.2) is 12.1 Å². The van der Waals surface area contributed by atoms with Crippen LogP contribution in [0.25, 0.3) is 0 Å². The van der Waals surface area contributed by atoms with Gasteiger partial charge in [-0.15, -0.1) is 0 Å². The number of hydrogen-bond acceptors (Lipinski definition) is 3. The minimum absolute atomic E-state index is 0.0524. The number of ether oxygens (including phenoxy) is 1. The van der Waals surface area contributed by atoms with Crippen LogP contribution in [-0.4, -0.2) is 23.7 Å². The molecule has 0 aliphatic carbocycles. The Morgan fingerprint density at radius 1 is 1.32 bits per heavy atom. The molecule has 19 heavy (non-hydrogen) atoms. The number of benzene rings is 1. The predicted molar refractivity (Wildman–Crippen MR) is 72.6 cm³/mol. The Morgan fingerprint density at radius 2 is 1.95 bits per heavy atom. The van der Waals surface area contributed by atoms with Gasteiger partial charge in [-0.25, -0.2) is 9.59 Å². The van der Waals surface area contributed by atoms with E-state index in [1.807, 2.05) is 6.07 Å². The van der Waals surface area contributed by atoms with Crippen molar-refractivity contribution in [2.45, 2.75) is 34.1 Å². The van der Waals surface area contributed by atoms with Gasteiger partial charge in [0, 0.05) is 0 Å². The van der Waals surface area contributed by atoms with Crippen molar-refractivity contribution in [2.24, 2.45) is 5.92 Å². The summed E-state index contributed by atoms with van der Waals surface area (Å²) in [6.45, 7) is 7.80. The highest BCUT2D eigenvalue weighted by molar-refractivity contribution is 6.03. The molecule has 0 spiro atoms. The van der Waals surface area contributed by atoms with Crippen LogP contribution >= 0.6 is 0 Å². The third-order valence-electron chi connectivity index (χ3n) is 2.91. The Bertz CT molecular complexity index is 489. The molecule has 1 N–H and O–H groups in total. The highest BCUT2D eigenvalue weighted by Gasteiger charge is 2.21. The summed E-state index contributed by atoms with van der Waals surface area (Å²) >= 11 is 0. The molecule has 0 saturated heterocycles. The second-order valence-electron chi connectivity index (χ2n) is 4.90. The Kier molecular flexibility index (Phi) is 5.10. The molecule has 1 aromatic carbocycles. The van der Waals surface area contributed by atoms with Crippen molar-refractivity contribution < 1.29 is 19.4 Å². The summed E-state index contributed by atoms with van der Waals surface area (Å²) in [6.07, 6.45) is 0.787. The van der Waals surface area contributed by atoms with Gasteiger partial charge in [0.15, 0.2) is 0 Å². The van der Waals surface area contributed by atoms with Crippen LogP contribution in [0, 0.1) is 12.8 Å².